The van der Waals surface area contributed by atoms with E-state index in [0.29, 0.717) is 19.5 Å². The third kappa shape index (κ3) is 2.34. The van der Waals surface area contributed by atoms with Gasteiger partial charge in [-0.15, -0.1) is 0 Å². The van der Waals surface area contributed by atoms with Crippen molar-refractivity contribution < 1.29 is 8.42 Å². The molecule has 1 aliphatic rings. The van der Waals surface area contributed by atoms with Crippen LogP contribution in [0.15, 0.2) is 24.5 Å². The first-order chi connectivity index (χ1) is 7.93. The molecule has 0 spiro atoms. The Morgan fingerprint density at radius 3 is 2.94 bits per heavy atom. The maximum absolute atomic E-state index is 11.8. The lowest BCUT2D eigenvalue weighted by atomic mass is 10.2. The van der Waals surface area contributed by atoms with Gasteiger partial charge in [-0.1, -0.05) is 6.07 Å². The van der Waals surface area contributed by atoms with Crippen LogP contribution in [0.3, 0.4) is 0 Å². The van der Waals surface area contributed by atoms with Crippen LogP contribution in [-0.2, 0) is 16.4 Å². The van der Waals surface area contributed by atoms with Crippen LogP contribution in [0.1, 0.15) is 18.4 Å². The monoisotopic (exact) mass is 255 g/mol. The Hall–Kier alpha value is -0.980. The van der Waals surface area contributed by atoms with Gasteiger partial charge in [-0.2, -0.15) is 0 Å². The van der Waals surface area contributed by atoms with Gasteiger partial charge in [0, 0.05) is 31.7 Å². The summed E-state index contributed by atoms with van der Waals surface area (Å²) in [7, 11) is -3.29. The molecule has 0 aliphatic carbocycles. The number of sulfone groups is 1. The number of hydrogen-bond donors (Lipinski definition) is 1. The second-order valence-corrected chi connectivity index (χ2v) is 6.75. The van der Waals surface area contributed by atoms with Gasteiger partial charge in [0.05, 0.1) is 0 Å². The van der Waals surface area contributed by atoms with Crippen molar-refractivity contribution in [1.29, 1.82) is 0 Å². The van der Waals surface area contributed by atoms with E-state index < -0.39 is 14.8 Å². The maximum Gasteiger partial charge on any atom is 0.179 e. The molecule has 17 heavy (non-hydrogen) atoms. The van der Waals surface area contributed by atoms with Crippen LogP contribution < -0.4 is 5.73 Å². The first kappa shape index (κ1) is 12.5. The van der Waals surface area contributed by atoms with Crippen molar-refractivity contribution >= 4 is 9.84 Å². The summed E-state index contributed by atoms with van der Waals surface area (Å²) in [5.74, 6) is 0. The molecular weight excluding hydrogens is 238 g/mol. The predicted molar refractivity (Wildman–Crippen MR) is 65.6 cm³/mol. The zero-order chi connectivity index (χ0) is 12.5. The molecule has 0 bridgehead atoms. The van der Waals surface area contributed by atoms with Gasteiger partial charge < -0.3 is 5.73 Å². The van der Waals surface area contributed by atoms with Crippen molar-refractivity contribution in [2.75, 3.05) is 12.8 Å². The van der Waals surface area contributed by atoms with E-state index in [2.05, 4.69) is 4.98 Å². The molecule has 2 N–H and O–H groups in total. The van der Waals surface area contributed by atoms with E-state index in [9.17, 15) is 8.42 Å². The standard InChI is InChI=1S/C11H17N3O2S/c1-17(15,16)11(12)5-3-7-14(11)9-10-4-2-6-13-8-10/h2,4,6,8H,3,5,7,9,12H2,1H3. The minimum Gasteiger partial charge on any atom is -0.300 e. The molecule has 94 valence electrons. The van der Waals surface area contributed by atoms with Crippen LogP contribution in [0.5, 0.6) is 0 Å². The Kier molecular flexibility index (Phi) is 3.20. The molecular formula is C11H17N3O2S. The van der Waals surface area contributed by atoms with Crippen molar-refractivity contribution in [2.45, 2.75) is 24.4 Å². The van der Waals surface area contributed by atoms with Gasteiger partial charge in [0.1, 0.15) is 0 Å². The molecule has 1 aromatic rings. The summed E-state index contributed by atoms with van der Waals surface area (Å²) in [5.41, 5.74) is 7.03. The minimum atomic E-state index is -3.29. The molecule has 1 aliphatic heterocycles. The van der Waals surface area contributed by atoms with Crippen molar-refractivity contribution in [3.63, 3.8) is 0 Å². The van der Waals surface area contributed by atoms with Crippen molar-refractivity contribution in [3.05, 3.63) is 30.1 Å². The Morgan fingerprint density at radius 2 is 2.35 bits per heavy atom. The van der Waals surface area contributed by atoms with Gasteiger partial charge in [0.2, 0.25) is 0 Å². The molecule has 0 amide bonds. The first-order valence-electron chi connectivity index (χ1n) is 5.56. The second kappa shape index (κ2) is 4.36. The van der Waals surface area contributed by atoms with Gasteiger partial charge in [-0.3, -0.25) is 9.88 Å². The number of nitrogens with zero attached hydrogens (tertiary/aromatic N) is 2. The van der Waals surface area contributed by atoms with E-state index in [0.717, 1.165) is 12.0 Å². The Balaban J connectivity index is 2.22. The third-order valence-electron chi connectivity index (χ3n) is 3.24. The minimum absolute atomic E-state index is 0.492. The van der Waals surface area contributed by atoms with Crippen molar-refractivity contribution in [2.24, 2.45) is 5.73 Å². The summed E-state index contributed by atoms with van der Waals surface area (Å²) < 4.78 is 23.5. The zero-order valence-electron chi connectivity index (χ0n) is 9.83. The molecule has 1 saturated heterocycles. The highest BCUT2D eigenvalue weighted by Crippen LogP contribution is 2.30. The number of hydrogen-bond acceptors (Lipinski definition) is 5. The maximum atomic E-state index is 11.8. The van der Waals surface area contributed by atoms with E-state index in [1.807, 2.05) is 17.0 Å². The van der Waals surface area contributed by atoms with E-state index in [1.54, 1.807) is 12.4 Å². The smallest absolute Gasteiger partial charge is 0.179 e. The first-order valence-corrected chi connectivity index (χ1v) is 7.45. The number of pyridine rings is 1. The van der Waals surface area contributed by atoms with Gasteiger partial charge in [0.15, 0.2) is 14.8 Å². The second-order valence-electron chi connectivity index (χ2n) is 4.50. The highest BCUT2D eigenvalue weighted by atomic mass is 32.2. The molecule has 0 saturated carbocycles. The fourth-order valence-electron chi connectivity index (χ4n) is 2.22. The van der Waals surface area contributed by atoms with E-state index in [4.69, 9.17) is 5.73 Å². The topological polar surface area (TPSA) is 76.3 Å². The molecule has 0 aromatic carbocycles. The molecule has 2 heterocycles. The van der Waals surface area contributed by atoms with Gasteiger partial charge >= 0.3 is 0 Å². The summed E-state index contributed by atoms with van der Waals surface area (Å²) in [6.07, 6.45) is 5.94. The lowest BCUT2D eigenvalue weighted by molar-refractivity contribution is 0.209. The molecule has 1 unspecified atom stereocenters. The summed E-state index contributed by atoms with van der Waals surface area (Å²) >= 11 is 0. The number of likely N-dealkylation sites (tertiary alicyclic amines) is 1. The predicted octanol–water partition coefficient (Wildman–Crippen LogP) is 0.334. The Labute approximate surface area is 102 Å². The van der Waals surface area contributed by atoms with Crippen LogP contribution in [0.4, 0.5) is 0 Å². The summed E-state index contributed by atoms with van der Waals surface area (Å²) in [5, 5.41) is 0. The molecule has 5 nitrogen and oxygen atoms in total. The third-order valence-corrected chi connectivity index (χ3v) is 4.98. The van der Waals surface area contributed by atoms with Crippen molar-refractivity contribution in [3.8, 4) is 0 Å². The summed E-state index contributed by atoms with van der Waals surface area (Å²) in [6.45, 7) is 1.23. The van der Waals surface area contributed by atoms with Crippen molar-refractivity contribution in [1.82, 2.24) is 9.88 Å². The molecule has 6 heteroatoms. The quantitative estimate of drug-likeness (QED) is 0.842. The number of nitrogens with two attached hydrogens (primary N) is 1. The molecule has 1 aromatic heterocycles. The Bertz CT molecular complexity index is 489. The fourth-order valence-corrected chi connectivity index (χ4v) is 3.36. The molecule has 2 rings (SSSR count). The van der Waals surface area contributed by atoms with E-state index >= 15 is 0 Å². The summed E-state index contributed by atoms with van der Waals surface area (Å²) in [6, 6.07) is 3.76. The summed E-state index contributed by atoms with van der Waals surface area (Å²) in [4.78, 5) is 4.62. The van der Waals surface area contributed by atoms with E-state index in [-0.39, 0.29) is 0 Å². The zero-order valence-corrected chi connectivity index (χ0v) is 10.7. The largest absolute Gasteiger partial charge is 0.300 e. The number of rotatable bonds is 3. The average Bonchev–Trinajstić information content (AvgIpc) is 2.63. The lowest BCUT2D eigenvalue weighted by Gasteiger charge is -2.32. The van der Waals surface area contributed by atoms with Crippen LogP contribution in [0, 0.1) is 0 Å². The van der Waals surface area contributed by atoms with Gasteiger partial charge in [0.25, 0.3) is 0 Å². The fraction of sp³-hybridized carbons (Fsp3) is 0.545. The van der Waals surface area contributed by atoms with Gasteiger partial charge in [-0.25, -0.2) is 8.42 Å². The van der Waals surface area contributed by atoms with E-state index in [1.165, 1.54) is 6.26 Å². The highest BCUT2D eigenvalue weighted by molar-refractivity contribution is 7.92. The molecule has 1 fully saturated rings. The normalized spacial score (nSPS) is 26.2. The Morgan fingerprint density at radius 1 is 1.59 bits per heavy atom. The average molecular weight is 255 g/mol. The van der Waals surface area contributed by atoms with Crippen LogP contribution in [-0.4, -0.2) is 36.1 Å². The SMILES string of the molecule is CS(=O)(=O)C1(N)CCCN1Cc1cccnc1. The lowest BCUT2D eigenvalue weighted by Crippen LogP contribution is -2.56. The van der Waals surface area contributed by atoms with Crippen LogP contribution in [0.2, 0.25) is 0 Å². The van der Waals surface area contributed by atoms with Crippen LogP contribution in [0.25, 0.3) is 0 Å². The molecule has 0 radical (unpaired) electrons. The highest BCUT2D eigenvalue weighted by Gasteiger charge is 2.45. The molecule has 1 atom stereocenters. The van der Waals surface area contributed by atoms with Gasteiger partial charge in [-0.05, 0) is 24.5 Å². The number of aromatic nitrogens is 1. The van der Waals surface area contributed by atoms with Crippen LogP contribution >= 0.6 is 0 Å².